The van der Waals surface area contributed by atoms with Crippen LogP contribution in [0.1, 0.15) is 54.8 Å². The highest BCUT2D eigenvalue weighted by molar-refractivity contribution is 5.34. The molecule has 1 N–H and O–H groups in total. The van der Waals surface area contributed by atoms with Crippen LogP contribution in [0.25, 0.3) is 0 Å². The summed E-state index contributed by atoms with van der Waals surface area (Å²) in [5.74, 6) is 3.03. The zero-order valence-corrected chi connectivity index (χ0v) is 13.7. The fourth-order valence-electron chi connectivity index (χ4n) is 2.87. The predicted molar refractivity (Wildman–Crippen MR) is 83.4 cm³/mol. The minimum absolute atomic E-state index is 0.215. The normalized spacial score (nSPS) is 12.8. The molecule has 5 heteroatoms. The molecule has 0 aliphatic rings. The van der Waals surface area contributed by atoms with E-state index >= 15 is 0 Å². The molecule has 0 spiro atoms. The van der Waals surface area contributed by atoms with Crippen LogP contribution >= 0.6 is 0 Å². The van der Waals surface area contributed by atoms with Gasteiger partial charge >= 0.3 is 0 Å². The summed E-state index contributed by atoms with van der Waals surface area (Å²) in [5.41, 5.74) is 2.50. The van der Waals surface area contributed by atoms with E-state index in [1.807, 2.05) is 18.5 Å². The Morgan fingerprint density at radius 1 is 1.24 bits per heavy atom. The third-order valence-corrected chi connectivity index (χ3v) is 3.93. The lowest BCUT2D eigenvalue weighted by Gasteiger charge is -2.18. The molecular formula is C16H26N4O. The van der Waals surface area contributed by atoms with Crippen LogP contribution in [0.2, 0.25) is 0 Å². The van der Waals surface area contributed by atoms with Crippen LogP contribution in [0.3, 0.4) is 0 Å². The third kappa shape index (κ3) is 3.35. The second kappa shape index (κ2) is 6.89. The van der Waals surface area contributed by atoms with Crippen molar-refractivity contribution >= 4 is 0 Å². The lowest BCUT2D eigenvalue weighted by molar-refractivity contribution is 0.472. The van der Waals surface area contributed by atoms with Crippen molar-refractivity contribution in [3.05, 3.63) is 34.8 Å². The van der Waals surface area contributed by atoms with Gasteiger partial charge in [-0.25, -0.2) is 4.98 Å². The first-order chi connectivity index (χ1) is 10.1. The highest BCUT2D eigenvalue weighted by Gasteiger charge is 2.22. The lowest BCUT2D eigenvalue weighted by atomic mass is 9.99. The van der Waals surface area contributed by atoms with E-state index in [-0.39, 0.29) is 6.04 Å². The molecule has 1 unspecified atom stereocenters. The third-order valence-electron chi connectivity index (χ3n) is 3.93. The van der Waals surface area contributed by atoms with Crippen molar-refractivity contribution < 1.29 is 4.42 Å². The van der Waals surface area contributed by atoms with Crippen molar-refractivity contribution in [2.45, 2.75) is 60.0 Å². The maximum absolute atomic E-state index is 5.79. The van der Waals surface area contributed by atoms with Crippen molar-refractivity contribution in [3.8, 4) is 0 Å². The van der Waals surface area contributed by atoms with Gasteiger partial charge in [0.2, 0.25) is 0 Å². The van der Waals surface area contributed by atoms with Gasteiger partial charge in [-0.1, -0.05) is 13.8 Å². The fourth-order valence-corrected chi connectivity index (χ4v) is 2.87. The number of likely N-dealkylation sites (N-methyl/N-ethyl adjacent to an activating group) is 1. The van der Waals surface area contributed by atoms with Crippen LogP contribution in [0.4, 0.5) is 0 Å². The van der Waals surface area contributed by atoms with E-state index < -0.39 is 0 Å². The molecule has 0 aromatic carbocycles. The predicted octanol–water partition coefficient (Wildman–Crippen LogP) is 3.10. The molecule has 0 radical (unpaired) electrons. The molecule has 21 heavy (non-hydrogen) atoms. The number of hydrogen-bond donors (Lipinski definition) is 1. The molecule has 0 saturated heterocycles. The number of nitrogens with zero attached hydrogens (tertiary/aromatic N) is 3. The Kier molecular flexibility index (Phi) is 5.17. The molecule has 116 valence electrons. The van der Waals surface area contributed by atoms with Gasteiger partial charge in [-0.3, -0.25) is 4.68 Å². The Labute approximate surface area is 126 Å². The highest BCUT2D eigenvalue weighted by atomic mass is 16.3. The Hall–Kier alpha value is -1.62. The molecule has 0 aliphatic carbocycles. The van der Waals surface area contributed by atoms with E-state index in [4.69, 9.17) is 4.42 Å². The molecule has 1 atom stereocenters. The van der Waals surface area contributed by atoms with Crippen LogP contribution in [0.15, 0.2) is 10.7 Å². The summed E-state index contributed by atoms with van der Waals surface area (Å²) >= 11 is 0. The fraction of sp³-hybridized carbons (Fsp3) is 0.625. The highest BCUT2D eigenvalue weighted by Crippen LogP contribution is 2.29. The number of nitrogens with one attached hydrogen (secondary N) is 1. The van der Waals surface area contributed by atoms with Crippen molar-refractivity contribution in [1.82, 2.24) is 20.1 Å². The second-order valence-corrected chi connectivity index (χ2v) is 5.47. The van der Waals surface area contributed by atoms with Gasteiger partial charge < -0.3 is 9.73 Å². The summed E-state index contributed by atoms with van der Waals surface area (Å²) in [4.78, 5) is 4.43. The summed E-state index contributed by atoms with van der Waals surface area (Å²) in [6, 6.07) is 0.215. The zero-order chi connectivity index (χ0) is 15.4. The van der Waals surface area contributed by atoms with Crippen LogP contribution < -0.4 is 5.32 Å². The Balaban J connectivity index is 2.29. The molecule has 0 amide bonds. The van der Waals surface area contributed by atoms with Gasteiger partial charge in [-0.05, 0) is 39.3 Å². The number of hydrogen-bond acceptors (Lipinski definition) is 4. The van der Waals surface area contributed by atoms with Gasteiger partial charge in [0.25, 0.3) is 0 Å². The van der Waals surface area contributed by atoms with Gasteiger partial charge in [0.1, 0.15) is 23.7 Å². The molecule has 0 bridgehead atoms. The van der Waals surface area contributed by atoms with Gasteiger partial charge in [-0.2, -0.15) is 5.10 Å². The second-order valence-electron chi connectivity index (χ2n) is 5.47. The molecule has 2 aromatic rings. The molecule has 2 aromatic heterocycles. The van der Waals surface area contributed by atoms with Crippen LogP contribution in [-0.4, -0.2) is 21.3 Å². The molecule has 0 saturated carbocycles. The Bertz CT molecular complexity index is 585. The molecule has 2 heterocycles. The SMILES string of the molecule is CCCn1ncnc1CC(NCC)c1c(C)oc(C)c1C. The maximum Gasteiger partial charge on any atom is 0.138 e. The molecule has 2 rings (SSSR count). The summed E-state index contributed by atoms with van der Waals surface area (Å²) in [5, 5.41) is 7.88. The zero-order valence-electron chi connectivity index (χ0n) is 13.7. The minimum atomic E-state index is 0.215. The number of aromatic nitrogens is 3. The monoisotopic (exact) mass is 290 g/mol. The summed E-state index contributed by atoms with van der Waals surface area (Å²) in [6.45, 7) is 12.3. The Morgan fingerprint density at radius 3 is 2.57 bits per heavy atom. The largest absolute Gasteiger partial charge is 0.466 e. The summed E-state index contributed by atoms with van der Waals surface area (Å²) in [7, 11) is 0. The van der Waals surface area contributed by atoms with E-state index in [9.17, 15) is 0 Å². The smallest absolute Gasteiger partial charge is 0.138 e. The van der Waals surface area contributed by atoms with Gasteiger partial charge in [0.05, 0.1) is 0 Å². The van der Waals surface area contributed by atoms with E-state index in [1.54, 1.807) is 6.33 Å². The number of aryl methyl sites for hydroxylation is 3. The molecule has 5 nitrogen and oxygen atoms in total. The molecule has 0 fully saturated rings. The van der Waals surface area contributed by atoms with E-state index in [0.29, 0.717) is 0 Å². The Morgan fingerprint density at radius 2 is 2.00 bits per heavy atom. The van der Waals surface area contributed by atoms with Crippen molar-refractivity contribution in [1.29, 1.82) is 0 Å². The van der Waals surface area contributed by atoms with E-state index in [0.717, 1.165) is 43.3 Å². The standard InChI is InChI=1S/C16H26N4O/c1-6-8-20-15(18-10-19-20)9-14(17-7-2)16-11(3)12(4)21-13(16)5/h10,14,17H,6-9H2,1-5H3. The van der Waals surface area contributed by atoms with Crippen molar-refractivity contribution in [3.63, 3.8) is 0 Å². The average Bonchev–Trinajstić information content (AvgIpc) is 2.96. The molecule has 0 aliphatic heterocycles. The quantitative estimate of drug-likeness (QED) is 0.851. The van der Waals surface area contributed by atoms with Gasteiger partial charge in [-0.15, -0.1) is 0 Å². The topological polar surface area (TPSA) is 55.9 Å². The van der Waals surface area contributed by atoms with E-state index in [1.165, 1.54) is 11.1 Å². The van der Waals surface area contributed by atoms with Gasteiger partial charge in [0.15, 0.2) is 0 Å². The maximum atomic E-state index is 5.79. The summed E-state index contributed by atoms with van der Waals surface area (Å²) < 4.78 is 7.79. The molecular weight excluding hydrogens is 264 g/mol. The number of furan rings is 1. The first-order valence-electron chi connectivity index (χ1n) is 7.75. The average molecular weight is 290 g/mol. The van der Waals surface area contributed by atoms with Crippen molar-refractivity contribution in [2.24, 2.45) is 0 Å². The first-order valence-corrected chi connectivity index (χ1v) is 7.75. The van der Waals surface area contributed by atoms with Crippen molar-refractivity contribution in [2.75, 3.05) is 6.54 Å². The van der Waals surface area contributed by atoms with Crippen LogP contribution in [0.5, 0.6) is 0 Å². The number of rotatable bonds is 7. The summed E-state index contributed by atoms with van der Waals surface area (Å²) in [6.07, 6.45) is 3.54. The van der Waals surface area contributed by atoms with E-state index in [2.05, 4.69) is 36.2 Å². The van der Waals surface area contributed by atoms with Crippen LogP contribution in [-0.2, 0) is 13.0 Å². The minimum Gasteiger partial charge on any atom is -0.466 e. The van der Waals surface area contributed by atoms with Crippen LogP contribution in [0, 0.1) is 20.8 Å². The van der Waals surface area contributed by atoms with Gasteiger partial charge in [0, 0.05) is 24.6 Å². The lowest BCUT2D eigenvalue weighted by Crippen LogP contribution is -2.25. The first kappa shape index (κ1) is 15.8.